The van der Waals surface area contributed by atoms with E-state index >= 15 is 0 Å². The van der Waals surface area contributed by atoms with Crippen LogP contribution in [-0.4, -0.2) is 110 Å². The van der Waals surface area contributed by atoms with E-state index in [0.717, 1.165) is 51.5 Å². The third kappa shape index (κ3) is 7.04. The van der Waals surface area contributed by atoms with Gasteiger partial charge in [-0.15, -0.1) is 0 Å². The summed E-state index contributed by atoms with van der Waals surface area (Å²) in [5.41, 5.74) is 1.86. The maximum absolute atomic E-state index is 13.2. The van der Waals surface area contributed by atoms with Gasteiger partial charge in [-0.25, -0.2) is 0 Å². The van der Waals surface area contributed by atoms with Crippen molar-refractivity contribution in [3.8, 4) is 0 Å². The van der Waals surface area contributed by atoms with Gasteiger partial charge in [0.15, 0.2) is 0 Å². The zero-order valence-electron chi connectivity index (χ0n) is 17.8. The Morgan fingerprint density at radius 3 is 2.55 bits per heavy atom. The molecule has 3 rings (SSSR count). The first-order valence-electron chi connectivity index (χ1n) is 10.7. The number of hydrogen-bond donors (Lipinski definition) is 1. The smallest absolute Gasteiger partial charge is 0.253 e. The van der Waals surface area contributed by atoms with E-state index in [1.165, 1.54) is 0 Å². The van der Waals surface area contributed by atoms with Gasteiger partial charge in [-0.3, -0.25) is 14.6 Å². The first kappa shape index (κ1) is 22.2. The number of carbonyl (C=O) groups is 1. The molecule has 0 saturated carbocycles. The second kappa shape index (κ2) is 11.0. The van der Waals surface area contributed by atoms with Crippen molar-refractivity contribution in [2.24, 2.45) is 0 Å². The molecule has 2 atom stereocenters. The van der Waals surface area contributed by atoms with Crippen LogP contribution in [0, 0.1) is 6.92 Å². The molecule has 0 spiro atoms. The lowest BCUT2D eigenvalue weighted by atomic mass is 10.1. The second-order valence-corrected chi connectivity index (χ2v) is 8.17. The van der Waals surface area contributed by atoms with Crippen LogP contribution in [0.5, 0.6) is 0 Å². The van der Waals surface area contributed by atoms with E-state index in [1.807, 2.05) is 36.1 Å². The van der Waals surface area contributed by atoms with E-state index in [1.54, 1.807) is 6.92 Å². The number of morpholine rings is 2. The molecule has 29 heavy (non-hydrogen) atoms. The van der Waals surface area contributed by atoms with Gasteiger partial charge in [0, 0.05) is 57.9 Å². The third-order valence-electron chi connectivity index (χ3n) is 5.54. The number of hydrogen-bond acceptors (Lipinski definition) is 6. The Morgan fingerprint density at radius 2 is 1.86 bits per heavy atom. The maximum atomic E-state index is 13.2. The van der Waals surface area contributed by atoms with Gasteiger partial charge in [0.1, 0.15) is 0 Å². The molecule has 0 unspecified atom stereocenters. The van der Waals surface area contributed by atoms with Crippen LogP contribution >= 0.6 is 0 Å². The minimum absolute atomic E-state index is 0.0402. The number of ether oxygens (including phenoxy) is 2. The first-order valence-corrected chi connectivity index (χ1v) is 10.7. The first-order chi connectivity index (χ1) is 14.0. The van der Waals surface area contributed by atoms with Crippen LogP contribution in [0.1, 0.15) is 22.8 Å². The molecule has 2 aliphatic rings. The summed E-state index contributed by atoms with van der Waals surface area (Å²) < 4.78 is 11.4. The molecule has 2 fully saturated rings. The molecule has 0 aromatic heterocycles. The normalized spacial score (nSPS) is 22.4. The molecule has 2 heterocycles. The average molecular weight is 406 g/mol. The standard InChI is InChI=1S/C22H35N3O4/c1-18-3-5-20(6-4-18)22(27)25(8-7-23-9-12-28-13-10-23)17-21-16-24(11-14-29-21)15-19(2)26/h3-6,19,21,26H,7-17H2,1-2H3/t19-,21+/m1/s1. The number of aryl methyl sites for hydroxylation is 1. The fourth-order valence-corrected chi connectivity index (χ4v) is 3.92. The fraction of sp³-hybridized carbons (Fsp3) is 0.682. The van der Waals surface area contributed by atoms with Crippen LogP contribution in [0.4, 0.5) is 0 Å². The van der Waals surface area contributed by atoms with Gasteiger partial charge in [0.2, 0.25) is 0 Å². The van der Waals surface area contributed by atoms with Crippen LogP contribution < -0.4 is 0 Å². The number of β-amino-alcohol motifs (C(OH)–C–C–N with tert-alkyl or cyclic N) is 1. The third-order valence-corrected chi connectivity index (χ3v) is 5.54. The number of aliphatic hydroxyl groups is 1. The molecule has 2 saturated heterocycles. The quantitative estimate of drug-likeness (QED) is 0.692. The van der Waals surface area contributed by atoms with Crippen molar-refractivity contribution in [1.29, 1.82) is 0 Å². The molecule has 0 radical (unpaired) electrons. The Labute approximate surface area is 174 Å². The Balaban J connectivity index is 1.64. The summed E-state index contributed by atoms with van der Waals surface area (Å²) in [7, 11) is 0. The predicted molar refractivity (Wildman–Crippen MR) is 112 cm³/mol. The highest BCUT2D eigenvalue weighted by Gasteiger charge is 2.26. The molecule has 0 bridgehead atoms. The molecule has 1 amide bonds. The zero-order valence-corrected chi connectivity index (χ0v) is 17.8. The molecular weight excluding hydrogens is 370 g/mol. The van der Waals surface area contributed by atoms with E-state index in [4.69, 9.17) is 9.47 Å². The summed E-state index contributed by atoms with van der Waals surface area (Å²) in [5.74, 6) is 0.0505. The maximum Gasteiger partial charge on any atom is 0.253 e. The number of aliphatic hydroxyl groups excluding tert-OH is 1. The molecule has 1 aromatic carbocycles. The Morgan fingerprint density at radius 1 is 1.17 bits per heavy atom. The highest BCUT2D eigenvalue weighted by molar-refractivity contribution is 5.94. The van der Waals surface area contributed by atoms with Gasteiger partial charge in [-0.05, 0) is 26.0 Å². The van der Waals surface area contributed by atoms with E-state index in [2.05, 4.69) is 9.80 Å². The lowest BCUT2D eigenvalue weighted by molar-refractivity contribution is -0.0501. The number of rotatable bonds is 8. The minimum Gasteiger partial charge on any atom is -0.392 e. The summed E-state index contributed by atoms with van der Waals surface area (Å²) in [6.07, 6.45) is -0.401. The summed E-state index contributed by atoms with van der Waals surface area (Å²) in [6, 6.07) is 7.77. The van der Waals surface area contributed by atoms with E-state index < -0.39 is 0 Å². The average Bonchev–Trinajstić information content (AvgIpc) is 2.72. The molecule has 1 aromatic rings. The number of carbonyl (C=O) groups excluding carboxylic acids is 1. The molecule has 1 N–H and O–H groups in total. The predicted octanol–water partition coefficient (Wildman–Crippen LogP) is 0.851. The second-order valence-electron chi connectivity index (χ2n) is 8.17. The van der Waals surface area contributed by atoms with Crippen LogP contribution in [0.25, 0.3) is 0 Å². The van der Waals surface area contributed by atoms with Crippen LogP contribution in [0.3, 0.4) is 0 Å². The van der Waals surface area contributed by atoms with E-state index in [9.17, 15) is 9.90 Å². The zero-order chi connectivity index (χ0) is 20.6. The molecule has 2 aliphatic heterocycles. The van der Waals surface area contributed by atoms with Crippen LogP contribution in [0.2, 0.25) is 0 Å². The fourth-order valence-electron chi connectivity index (χ4n) is 3.92. The van der Waals surface area contributed by atoms with E-state index in [0.29, 0.717) is 31.8 Å². The topological polar surface area (TPSA) is 65.5 Å². The Kier molecular flexibility index (Phi) is 8.44. The lowest BCUT2D eigenvalue weighted by Crippen LogP contribution is -2.51. The number of nitrogens with zero attached hydrogens (tertiary/aromatic N) is 3. The molecular formula is C22H35N3O4. The highest BCUT2D eigenvalue weighted by Crippen LogP contribution is 2.12. The van der Waals surface area contributed by atoms with Crippen molar-refractivity contribution < 1.29 is 19.4 Å². The van der Waals surface area contributed by atoms with Gasteiger partial charge >= 0.3 is 0 Å². The van der Waals surface area contributed by atoms with Crippen molar-refractivity contribution in [3.05, 3.63) is 35.4 Å². The van der Waals surface area contributed by atoms with Gasteiger partial charge in [0.05, 0.1) is 32.0 Å². The van der Waals surface area contributed by atoms with Gasteiger partial charge < -0.3 is 19.5 Å². The monoisotopic (exact) mass is 405 g/mol. The SMILES string of the molecule is Cc1ccc(C(=O)N(CCN2CCOCC2)C[C@@H]2CN(C[C@@H](C)O)CCO2)cc1. The van der Waals surface area contributed by atoms with Crippen LogP contribution in [-0.2, 0) is 9.47 Å². The van der Waals surface area contributed by atoms with Crippen molar-refractivity contribution >= 4 is 5.91 Å². The van der Waals surface area contributed by atoms with Crippen molar-refractivity contribution in [2.45, 2.75) is 26.1 Å². The Bertz CT molecular complexity index is 631. The van der Waals surface area contributed by atoms with Crippen molar-refractivity contribution in [2.75, 3.05) is 72.2 Å². The van der Waals surface area contributed by atoms with Gasteiger partial charge in [-0.2, -0.15) is 0 Å². The summed E-state index contributed by atoms with van der Waals surface area (Å²) in [6.45, 7) is 12.1. The van der Waals surface area contributed by atoms with Gasteiger partial charge in [-0.1, -0.05) is 17.7 Å². The molecule has 0 aliphatic carbocycles. The summed E-state index contributed by atoms with van der Waals surface area (Å²) in [5, 5.41) is 9.70. The van der Waals surface area contributed by atoms with Crippen molar-refractivity contribution in [1.82, 2.24) is 14.7 Å². The number of amides is 1. The molecule has 162 valence electrons. The largest absolute Gasteiger partial charge is 0.392 e. The van der Waals surface area contributed by atoms with Crippen LogP contribution in [0.15, 0.2) is 24.3 Å². The Hall–Kier alpha value is -1.51. The van der Waals surface area contributed by atoms with E-state index in [-0.39, 0.29) is 18.1 Å². The minimum atomic E-state index is -0.361. The lowest BCUT2D eigenvalue weighted by Gasteiger charge is -2.37. The molecule has 7 nitrogen and oxygen atoms in total. The summed E-state index contributed by atoms with van der Waals surface area (Å²) >= 11 is 0. The summed E-state index contributed by atoms with van der Waals surface area (Å²) in [4.78, 5) is 19.7. The highest BCUT2D eigenvalue weighted by atomic mass is 16.5. The number of benzene rings is 1. The van der Waals surface area contributed by atoms with Crippen molar-refractivity contribution in [3.63, 3.8) is 0 Å². The van der Waals surface area contributed by atoms with Gasteiger partial charge in [0.25, 0.3) is 5.91 Å². The molecule has 7 heteroatoms.